The maximum Gasteiger partial charge on any atom is 0.166 e. The van der Waals surface area contributed by atoms with Crippen LogP contribution in [0.5, 0.6) is 11.5 Å². The van der Waals surface area contributed by atoms with E-state index in [0.717, 1.165) is 31.0 Å². The van der Waals surface area contributed by atoms with Gasteiger partial charge in [0.2, 0.25) is 0 Å². The Hall–Kier alpha value is -1.52. The number of hydrogen-bond donors (Lipinski definition) is 2. The second-order valence-corrected chi connectivity index (χ2v) is 5.87. The molecule has 3 atom stereocenters. The van der Waals surface area contributed by atoms with Gasteiger partial charge in [-0.25, -0.2) is 0 Å². The van der Waals surface area contributed by atoms with Crippen molar-refractivity contribution in [1.82, 2.24) is 5.32 Å². The van der Waals surface area contributed by atoms with E-state index in [4.69, 9.17) is 9.47 Å². The fourth-order valence-electron chi connectivity index (χ4n) is 3.87. The zero-order valence-electron chi connectivity index (χ0n) is 11.6. The molecule has 0 bridgehead atoms. The number of hydrogen-bond acceptors (Lipinski definition) is 4. The number of aliphatic hydroxyl groups excluding tert-OH is 1. The third kappa shape index (κ3) is 1.49. The lowest BCUT2D eigenvalue weighted by atomic mass is 9.69. The maximum absolute atomic E-state index is 9.92. The van der Waals surface area contributed by atoms with Crippen LogP contribution in [-0.4, -0.2) is 31.0 Å². The molecule has 1 aliphatic carbocycles. The molecule has 3 aliphatic rings. The molecular weight excluding hydrogens is 254 g/mol. The Morgan fingerprint density at radius 1 is 1.45 bits per heavy atom. The summed E-state index contributed by atoms with van der Waals surface area (Å²) in [7, 11) is 1.68. The molecule has 0 saturated heterocycles. The van der Waals surface area contributed by atoms with Gasteiger partial charge in [0.25, 0.3) is 0 Å². The van der Waals surface area contributed by atoms with Crippen LogP contribution in [0.2, 0.25) is 0 Å². The number of nitrogens with one attached hydrogen (secondary N) is 1. The summed E-state index contributed by atoms with van der Waals surface area (Å²) in [4.78, 5) is 0. The Balaban J connectivity index is 1.96. The van der Waals surface area contributed by atoms with Crippen LogP contribution < -0.4 is 14.8 Å². The summed E-state index contributed by atoms with van der Waals surface area (Å²) in [5, 5.41) is 13.4. The van der Waals surface area contributed by atoms with E-state index < -0.39 is 6.10 Å². The van der Waals surface area contributed by atoms with Crippen molar-refractivity contribution in [2.75, 3.05) is 13.7 Å². The van der Waals surface area contributed by atoms with E-state index in [2.05, 4.69) is 17.5 Å². The minimum absolute atomic E-state index is 0.00690. The van der Waals surface area contributed by atoms with Crippen LogP contribution in [0.3, 0.4) is 0 Å². The maximum atomic E-state index is 9.92. The van der Waals surface area contributed by atoms with Crippen LogP contribution in [0, 0.1) is 0 Å². The van der Waals surface area contributed by atoms with Gasteiger partial charge in [0.05, 0.1) is 18.6 Å². The average molecular weight is 273 g/mol. The Morgan fingerprint density at radius 2 is 2.35 bits per heavy atom. The highest BCUT2D eigenvalue weighted by Crippen LogP contribution is 2.55. The van der Waals surface area contributed by atoms with Crippen LogP contribution >= 0.6 is 0 Å². The van der Waals surface area contributed by atoms with E-state index in [-0.39, 0.29) is 11.5 Å². The largest absolute Gasteiger partial charge is 0.493 e. The van der Waals surface area contributed by atoms with Gasteiger partial charge in [0, 0.05) is 18.5 Å². The Labute approximate surface area is 118 Å². The highest BCUT2D eigenvalue weighted by atomic mass is 16.5. The summed E-state index contributed by atoms with van der Waals surface area (Å²) in [5.74, 6) is 1.67. The molecule has 4 rings (SSSR count). The van der Waals surface area contributed by atoms with Crippen LogP contribution in [-0.2, 0) is 12.0 Å². The molecular formula is C16H19NO3. The smallest absolute Gasteiger partial charge is 0.166 e. The third-order valence-corrected chi connectivity index (χ3v) is 4.83. The summed E-state index contributed by atoms with van der Waals surface area (Å²) < 4.78 is 11.7. The number of methoxy groups -OCH3 is 1. The monoisotopic (exact) mass is 273 g/mol. The molecule has 1 aromatic carbocycles. The summed E-state index contributed by atoms with van der Waals surface area (Å²) in [6, 6.07) is 4.11. The predicted octanol–water partition coefficient (Wildman–Crippen LogP) is 1.51. The summed E-state index contributed by atoms with van der Waals surface area (Å²) >= 11 is 0. The Morgan fingerprint density at radius 3 is 3.20 bits per heavy atom. The van der Waals surface area contributed by atoms with Gasteiger partial charge >= 0.3 is 0 Å². The molecule has 106 valence electrons. The topological polar surface area (TPSA) is 50.7 Å². The van der Waals surface area contributed by atoms with Gasteiger partial charge in [-0.3, -0.25) is 0 Å². The van der Waals surface area contributed by atoms with Crippen molar-refractivity contribution in [1.29, 1.82) is 0 Å². The molecule has 0 saturated carbocycles. The van der Waals surface area contributed by atoms with Crippen molar-refractivity contribution in [3.05, 3.63) is 35.4 Å². The number of aliphatic hydroxyl groups is 1. The highest BCUT2D eigenvalue weighted by Gasteiger charge is 2.52. The first-order chi connectivity index (χ1) is 9.74. The molecule has 0 aromatic heterocycles. The van der Waals surface area contributed by atoms with E-state index in [1.807, 2.05) is 12.1 Å². The highest BCUT2D eigenvalue weighted by molar-refractivity contribution is 5.60. The van der Waals surface area contributed by atoms with Crippen molar-refractivity contribution in [3.8, 4) is 11.5 Å². The summed E-state index contributed by atoms with van der Waals surface area (Å²) in [6.07, 6.45) is 5.32. The minimum atomic E-state index is -0.411. The molecule has 2 aliphatic heterocycles. The second-order valence-electron chi connectivity index (χ2n) is 5.87. The first-order valence-electron chi connectivity index (χ1n) is 7.20. The van der Waals surface area contributed by atoms with Gasteiger partial charge in [0.15, 0.2) is 11.5 Å². The summed E-state index contributed by atoms with van der Waals surface area (Å²) in [6.45, 7) is 1.82. The van der Waals surface area contributed by atoms with E-state index in [1.165, 1.54) is 11.1 Å². The van der Waals surface area contributed by atoms with Gasteiger partial charge < -0.3 is 19.9 Å². The van der Waals surface area contributed by atoms with E-state index in [0.29, 0.717) is 6.42 Å². The lowest BCUT2D eigenvalue weighted by Gasteiger charge is -2.35. The summed E-state index contributed by atoms with van der Waals surface area (Å²) in [5.41, 5.74) is 2.43. The third-order valence-electron chi connectivity index (χ3n) is 4.83. The first-order valence-corrected chi connectivity index (χ1v) is 7.20. The Kier molecular flexibility index (Phi) is 2.59. The first kappa shape index (κ1) is 12.2. The van der Waals surface area contributed by atoms with Crippen LogP contribution in [0.1, 0.15) is 24.0 Å². The normalized spacial score (nSPS) is 33.9. The fraction of sp³-hybridized carbons (Fsp3) is 0.500. The molecule has 2 heterocycles. The van der Waals surface area contributed by atoms with Crippen molar-refractivity contribution in [3.63, 3.8) is 0 Å². The number of benzene rings is 1. The van der Waals surface area contributed by atoms with Gasteiger partial charge in [-0.15, -0.1) is 0 Å². The molecule has 0 amide bonds. The molecule has 4 heteroatoms. The molecule has 0 radical (unpaired) electrons. The molecule has 1 spiro atoms. The number of ether oxygens (including phenoxy) is 2. The zero-order valence-corrected chi connectivity index (χ0v) is 11.6. The van der Waals surface area contributed by atoms with E-state index >= 15 is 0 Å². The van der Waals surface area contributed by atoms with Crippen molar-refractivity contribution in [2.45, 2.75) is 37.0 Å². The second kappa shape index (κ2) is 4.24. The lowest BCUT2D eigenvalue weighted by Crippen LogP contribution is -2.42. The van der Waals surface area contributed by atoms with Crippen molar-refractivity contribution >= 4 is 0 Å². The SMILES string of the molecule is COc1ccc2c3c1O[C@H]1CC(O)C=C[C@@]31CCNC2. The average Bonchev–Trinajstić information content (AvgIpc) is 2.66. The molecule has 0 fully saturated rings. The van der Waals surface area contributed by atoms with E-state index in [1.54, 1.807) is 7.11 Å². The standard InChI is InChI=1S/C16H19NO3/c1-19-12-3-2-10-9-17-7-6-16-5-4-11(18)8-13(16)20-15(12)14(10)16/h2-5,11,13,17-18H,6-9H2,1H3/t11?,13-,16-/m0/s1. The van der Waals surface area contributed by atoms with Crippen LogP contribution in [0.4, 0.5) is 0 Å². The van der Waals surface area contributed by atoms with Crippen molar-refractivity contribution < 1.29 is 14.6 Å². The van der Waals surface area contributed by atoms with Gasteiger partial charge in [-0.1, -0.05) is 18.2 Å². The Bertz CT molecular complexity index is 583. The fourth-order valence-corrected chi connectivity index (χ4v) is 3.87. The van der Waals surface area contributed by atoms with Crippen molar-refractivity contribution in [2.24, 2.45) is 0 Å². The molecule has 2 N–H and O–H groups in total. The minimum Gasteiger partial charge on any atom is -0.493 e. The van der Waals surface area contributed by atoms with E-state index in [9.17, 15) is 5.11 Å². The zero-order chi connectivity index (χ0) is 13.7. The van der Waals surface area contributed by atoms with Crippen LogP contribution in [0.25, 0.3) is 0 Å². The quantitative estimate of drug-likeness (QED) is 0.762. The molecule has 20 heavy (non-hydrogen) atoms. The van der Waals surface area contributed by atoms with Gasteiger partial charge in [-0.05, 0) is 24.6 Å². The predicted molar refractivity (Wildman–Crippen MR) is 75.2 cm³/mol. The molecule has 1 unspecified atom stereocenters. The molecule has 1 aromatic rings. The van der Waals surface area contributed by atoms with Crippen LogP contribution in [0.15, 0.2) is 24.3 Å². The molecule has 4 nitrogen and oxygen atoms in total. The number of rotatable bonds is 1. The van der Waals surface area contributed by atoms with Gasteiger partial charge in [0.1, 0.15) is 6.10 Å². The lowest BCUT2D eigenvalue weighted by molar-refractivity contribution is 0.0851. The van der Waals surface area contributed by atoms with Gasteiger partial charge in [-0.2, -0.15) is 0 Å².